The number of Topliss-reactive ketones (excluding diaryl/α,β-unsaturated/α-hetero) is 2. The minimum absolute atomic E-state index is 0.143. The van der Waals surface area contributed by atoms with Crippen molar-refractivity contribution in [2.45, 2.75) is 38.7 Å². The molecule has 6 nitrogen and oxygen atoms in total. The Morgan fingerprint density at radius 3 is 2.24 bits per heavy atom. The van der Waals surface area contributed by atoms with Crippen LogP contribution in [0.15, 0.2) is 29.5 Å². The number of ketones is 2. The molecular formula is C19H24O6. The number of hydrogen-bond acceptors (Lipinski definition) is 6. The molecule has 0 heterocycles. The zero-order chi connectivity index (χ0) is 18.9. The second kappa shape index (κ2) is 6.88. The topological polar surface area (TPSA) is 93.1 Å². The van der Waals surface area contributed by atoms with Crippen LogP contribution in [0.25, 0.3) is 0 Å². The predicted molar refractivity (Wildman–Crippen MR) is 92.0 cm³/mol. The van der Waals surface area contributed by atoms with E-state index in [1.54, 1.807) is 18.2 Å². The normalized spacial score (nSPS) is 26.3. The average Bonchev–Trinajstić information content (AvgIpc) is 2.51. The van der Waals surface area contributed by atoms with Crippen LogP contribution in [-0.2, 0) is 9.59 Å². The monoisotopic (exact) mass is 348 g/mol. The number of benzene rings is 1. The zero-order valence-corrected chi connectivity index (χ0v) is 15.1. The molecule has 0 fully saturated rings. The van der Waals surface area contributed by atoms with Gasteiger partial charge in [0.25, 0.3) is 0 Å². The summed E-state index contributed by atoms with van der Waals surface area (Å²) in [7, 11) is 2.99. The first-order valence-electron chi connectivity index (χ1n) is 8.01. The Kier molecular flexibility index (Phi) is 5.23. The molecule has 1 aromatic carbocycles. The van der Waals surface area contributed by atoms with E-state index in [0.29, 0.717) is 17.1 Å². The second-order valence-electron chi connectivity index (χ2n) is 6.63. The van der Waals surface area contributed by atoms with Crippen molar-refractivity contribution in [2.24, 2.45) is 5.92 Å². The Balaban J connectivity index is 2.72. The van der Waals surface area contributed by atoms with Crippen molar-refractivity contribution < 1.29 is 29.3 Å². The fourth-order valence-electron chi connectivity index (χ4n) is 3.75. The van der Waals surface area contributed by atoms with Crippen molar-refractivity contribution >= 4 is 11.6 Å². The van der Waals surface area contributed by atoms with Gasteiger partial charge in [-0.3, -0.25) is 9.59 Å². The van der Waals surface area contributed by atoms with E-state index < -0.39 is 17.4 Å². The third-order valence-electron chi connectivity index (χ3n) is 4.73. The number of hydrogen-bond donors (Lipinski definition) is 2. The average molecular weight is 348 g/mol. The highest BCUT2D eigenvalue weighted by Crippen LogP contribution is 2.48. The summed E-state index contributed by atoms with van der Waals surface area (Å²) in [5.41, 5.74) is -0.722. The molecule has 1 aromatic rings. The predicted octanol–water partition coefficient (Wildman–Crippen LogP) is 2.55. The summed E-state index contributed by atoms with van der Waals surface area (Å²) in [6.45, 7) is 4.23. The summed E-state index contributed by atoms with van der Waals surface area (Å²) in [5, 5.41) is 21.1. The molecule has 2 rings (SSSR count). The maximum atomic E-state index is 12.3. The van der Waals surface area contributed by atoms with E-state index in [-0.39, 0.29) is 29.3 Å². The summed E-state index contributed by atoms with van der Waals surface area (Å²) < 4.78 is 10.5. The van der Waals surface area contributed by atoms with Crippen molar-refractivity contribution in [3.63, 3.8) is 0 Å². The molecule has 6 heteroatoms. The number of allylic oxidation sites excluding steroid dienone is 1. The molecule has 0 spiro atoms. The number of aliphatic hydroxyl groups is 2. The number of rotatable bonds is 5. The fraction of sp³-hybridized carbons (Fsp3) is 0.474. The molecule has 136 valence electrons. The molecule has 0 saturated carbocycles. The zero-order valence-electron chi connectivity index (χ0n) is 15.1. The second-order valence-corrected chi connectivity index (χ2v) is 6.63. The van der Waals surface area contributed by atoms with Gasteiger partial charge in [0.2, 0.25) is 0 Å². The summed E-state index contributed by atoms with van der Waals surface area (Å²) in [5.74, 6) is -1.45. The van der Waals surface area contributed by atoms with E-state index in [0.717, 1.165) is 0 Å². The van der Waals surface area contributed by atoms with Crippen molar-refractivity contribution in [1.29, 1.82) is 0 Å². The summed E-state index contributed by atoms with van der Waals surface area (Å²) in [6.07, 6.45) is -0.143. The minimum Gasteiger partial charge on any atom is -0.512 e. The third-order valence-corrected chi connectivity index (χ3v) is 4.73. The Labute approximate surface area is 147 Å². The quantitative estimate of drug-likeness (QED) is 0.849. The maximum absolute atomic E-state index is 12.3. The Bertz CT molecular complexity index is 731. The number of methoxy groups -OCH3 is 2. The third kappa shape index (κ3) is 3.39. The molecule has 1 aliphatic carbocycles. The Hall–Kier alpha value is -2.34. The highest BCUT2D eigenvalue weighted by Gasteiger charge is 2.49. The van der Waals surface area contributed by atoms with Gasteiger partial charge in [-0.05, 0) is 38.5 Å². The lowest BCUT2D eigenvalue weighted by molar-refractivity contribution is -0.132. The van der Waals surface area contributed by atoms with Crippen molar-refractivity contribution in [3.05, 3.63) is 35.1 Å². The highest BCUT2D eigenvalue weighted by molar-refractivity contribution is 5.97. The lowest BCUT2D eigenvalue weighted by Crippen LogP contribution is -2.47. The van der Waals surface area contributed by atoms with E-state index in [4.69, 9.17) is 9.47 Å². The van der Waals surface area contributed by atoms with Crippen LogP contribution >= 0.6 is 0 Å². The van der Waals surface area contributed by atoms with Gasteiger partial charge in [-0.1, -0.05) is 6.07 Å². The maximum Gasteiger partial charge on any atom is 0.161 e. The van der Waals surface area contributed by atoms with E-state index in [1.165, 1.54) is 35.0 Å². The van der Waals surface area contributed by atoms with Crippen LogP contribution in [0.4, 0.5) is 0 Å². The van der Waals surface area contributed by atoms with Crippen LogP contribution in [-0.4, -0.2) is 41.6 Å². The Morgan fingerprint density at radius 2 is 1.76 bits per heavy atom. The SMILES string of the molecule is COc1ccc(C2C(C(C)=O)=C(O)CC(C)(O)C2C(C)=O)cc1OC. The Morgan fingerprint density at radius 1 is 1.16 bits per heavy atom. The lowest BCUT2D eigenvalue weighted by Gasteiger charge is -2.42. The van der Waals surface area contributed by atoms with Gasteiger partial charge in [0.05, 0.1) is 25.7 Å². The minimum atomic E-state index is -1.47. The molecule has 0 bridgehead atoms. The van der Waals surface area contributed by atoms with Crippen LogP contribution in [0.2, 0.25) is 0 Å². The van der Waals surface area contributed by atoms with Gasteiger partial charge < -0.3 is 19.7 Å². The van der Waals surface area contributed by atoms with Crippen molar-refractivity contribution in [3.8, 4) is 11.5 Å². The molecule has 0 aromatic heterocycles. The number of carbonyl (C=O) groups excluding carboxylic acids is 2. The lowest BCUT2D eigenvalue weighted by atomic mass is 9.64. The number of carbonyl (C=O) groups is 2. The highest BCUT2D eigenvalue weighted by atomic mass is 16.5. The van der Waals surface area contributed by atoms with Gasteiger partial charge in [0, 0.05) is 17.9 Å². The molecule has 3 atom stereocenters. The van der Waals surface area contributed by atoms with E-state index >= 15 is 0 Å². The molecular weight excluding hydrogens is 324 g/mol. The van der Waals surface area contributed by atoms with Crippen LogP contribution in [0.3, 0.4) is 0 Å². The largest absolute Gasteiger partial charge is 0.512 e. The van der Waals surface area contributed by atoms with E-state index in [9.17, 15) is 19.8 Å². The fourth-order valence-corrected chi connectivity index (χ4v) is 3.75. The van der Waals surface area contributed by atoms with Crippen molar-refractivity contribution in [1.82, 2.24) is 0 Å². The van der Waals surface area contributed by atoms with E-state index in [2.05, 4.69) is 0 Å². The molecule has 2 N–H and O–H groups in total. The summed E-state index contributed by atoms with van der Waals surface area (Å²) >= 11 is 0. The molecule has 1 aliphatic rings. The van der Waals surface area contributed by atoms with Gasteiger partial charge in [0.15, 0.2) is 17.3 Å². The van der Waals surface area contributed by atoms with Crippen LogP contribution in [0, 0.1) is 5.92 Å². The number of aliphatic hydroxyl groups excluding tert-OH is 1. The van der Waals surface area contributed by atoms with Gasteiger partial charge in [0.1, 0.15) is 11.5 Å². The van der Waals surface area contributed by atoms with Crippen LogP contribution in [0.5, 0.6) is 11.5 Å². The number of ether oxygens (including phenoxy) is 2. The smallest absolute Gasteiger partial charge is 0.161 e. The van der Waals surface area contributed by atoms with Gasteiger partial charge >= 0.3 is 0 Å². The molecule has 3 unspecified atom stereocenters. The first-order chi connectivity index (χ1) is 11.6. The van der Waals surface area contributed by atoms with Gasteiger partial charge in [-0.25, -0.2) is 0 Å². The molecule has 25 heavy (non-hydrogen) atoms. The van der Waals surface area contributed by atoms with Gasteiger partial charge in [-0.2, -0.15) is 0 Å². The first-order valence-corrected chi connectivity index (χ1v) is 8.01. The van der Waals surface area contributed by atoms with Crippen LogP contribution < -0.4 is 9.47 Å². The summed E-state index contributed by atoms with van der Waals surface area (Å²) in [4.78, 5) is 24.5. The standard InChI is InChI=1S/C19H24O6/c1-10(20)16-13(22)9-19(3,23)18(11(2)21)17(16)12-6-7-14(24-4)15(8-12)25-5/h6-8,17-18,22-23H,9H2,1-5H3. The first kappa shape index (κ1) is 19.0. The van der Waals surface area contributed by atoms with Crippen molar-refractivity contribution in [2.75, 3.05) is 14.2 Å². The molecule has 0 saturated heterocycles. The molecule has 0 aliphatic heterocycles. The van der Waals surface area contributed by atoms with Gasteiger partial charge in [-0.15, -0.1) is 0 Å². The van der Waals surface area contributed by atoms with E-state index in [1.807, 2.05) is 0 Å². The molecule has 0 amide bonds. The summed E-state index contributed by atoms with van der Waals surface area (Å²) in [6, 6.07) is 5.04. The van der Waals surface area contributed by atoms with Crippen LogP contribution in [0.1, 0.15) is 38.7 Å². The molecule has 0 radical (unpaired) electrons.